The molecule has 184 valence electrons. The minimum atomic E-state index is 0.945. The largest absolute Gasteiger partial charge is 0.456 e. The number of benzene rings is 6. The zero-order valence-electron chi connectivity index (χ0n) is 21.7. The fourth-order valence-electron chi connectivity index (χ4n) is 6.04. The highest BCUT2D eigenvalue weighted by Gasteiger charge is 2.14. The van der Waals surface area contributed by atoms with Crippen molar-refractivity contribution in [3.8, 4) is 22.3 Å². The van der Waals surface area contributed by atoms with Gasteiger partial charge in [0.1, 0.15) is 11.2 Å². The minimum absolute atomic E-state index is 0.945. The summed E-state index contributed by atoms with van der Waals surface area (Å²) in [4.78, 5) is 9.34. The summed E-state index contributed by atoms with van der Waals surface area (Å²) in [7, 11) is 0. The van der Waals surface area contributed by atoms with Crippen molar-refractivity contribution in [1.82, 2.24) is 9.97 Å². The van der Waals surface area contributed by atoms with Gasteiger partial charge in [0, 0.05) is 33.9 Å². The zero-order chi connectivity index (χ0) is 26.1. The van der Waals surface area contributed by atoms with E-state index in [1.54, 1.807) is 12.4 Å². The minimum Gasteiger partial charge on any atom is -0.456 e. The van der Waals surface area contributed by atoms with Gasteiger partial charge in [-0.25, -0.2) is 0 Å². The maximum absolute atomic E-state index is 6.27. The molecule has 0 aliphatic heterocycles. The van der Waals surface area contributed by atoms with Gasteiger partial charge in [0.25, 0.3) is 0 Å². The molecule has 8 rings (SSSR count). The topological polar surface area (TPSA) is 38.9 Å². The highest BCUT2D eigenvalue weighted by Crippen LogP contribution is 2.38. The predicted molar refractivity (Wildman–Crippen MR) is 162 cm³/mol. The van der Waals surface area contributed by atoms with Gasteiger partial charge in [0.05, 0.1) is 11.0 Å². The second-order valence-electron chi connectivity index (χ2n) is 10.4. The van der Waals surface area contributed by atoms with Gasteiger partial charge in [-0.05, 0) is 76.2 Å². The lowest BCUT2D eigenvalue weighted by atomic mass is 9.94. The summed E-state index contributed by atoms with van der Waals surface area (Å²) in [5, 5.41) is 7.00. The van der Waals surface area contributed by atoms with Crippen LogP contribution in [0.1, 0.15) is 11.1 Å². The fraction of sp³-hybridized carbons (Fsp3) is 0.0556. The average Bonchev–Trinajstić information content (AvgIpc) is 3.38. The average molecular weight is 501 g/mol. The van der Waals surface area contributed by atoms with Crippen molar-refractivity contribution in [3.63, 3.8) is 0 Å². The quantitative estimate of drug-likeness (QED) is 0.222. The Bertz CT molecular complexity index is 2210. The number of nitrogens with zero attached hydrogens (tertiary/aromatic N) is 2. The van der Waals surface area contributed by atoms with E-state index >= 15 is 0 Å². The van der Waals surface area contributed by atoms with Crippen molar-refractivity contribution in [1.29, 1.82) is 0 Å². The van der Waals surface area contributed by atoms with Crippen LogP contribution in [0, 0.1) is 13.8 Å². The lowest BCUT2D eigenvalue weighted by Crippen LogP contribution is -1.89. The van der Waals surface area contributed by atoms with Crippen molar-refractivity contribution in [2.45, 2.75) is 13.8 Å². The van der Waals surface area contributed by atoms with E-state index in [-0.39, 0.29) is 0 Å². The molecule has 2 aromatic heterocycles. The molecular weight excluding hydrogens is 476 g/mol. The van der Waals surface area contributed by atoms with Gasteiger partial charge in [-0.3, -0.25) is 9.97 Å². The Morgan fingerprint density at radius 3 is 1.79 bits per heavy atom. The summed E-state index contributed by atoms with van der Waals surface area (Å²) in [5.41, 5.74) is 10.9. The van der Waals surface area contributed by atoms with Crippen molar-refractivity contribution in [3.05, 3.63) is 121 Å². The molecule has 0 atom stereocenters. The van der Waals surface area contributed by atoms with Crippen LogP contribution in [0.3, 0.4) is 0 Å². The van der Waals surface area contributed by atoms with Gasteiger partial charge in [0.15, 0.2) is 0 Å². The fourth-order valence-corrected chi connectivity index (χ4v) is 6.04. The number of aryl methyl sites for hydroxylation is 2. The molecule has 8 aromatic rings. The molecule has 0 fully saturated rings. The summed E-state index contributed by atoms with van der Waals surface area (Å²) in [5.74, 6) is 0. The maximum atomic E-state index is 6.27. The number of hydrogen-bond acceptors (Lipinski definition) is 3. The molecule has 6 aromatic carbocycles. The van der Waals surface area contributed by atoms with Crippen LogP contribution in [0.25, 0.3) is 76.8 Å². The van der Waals surface area contributed by atoms with Crippen LogP contribution in [0.15, 0.2) is 114 Å². The van der Waals surface area contributed by atoms with Crippen molar-refractivity contribution in [2.24, 2.45) is 0 Å². The molecule has 0 aliphatic carbocycles. The lowest BCUT2D eigenvalue weighted by molar-refractivity contribution is 0.663. The molecule has 0 spiro atoms. The van der Waals surface area contributed by atoms with Crippen molar-refractivity contribution < 1.29 is 4.42 Å². The number of aromatic nitrogens is 2. The van der Waals surface area contributed by atoms with Gasteiger partial charge in [-0.2, -0.15) is 0 Å². The highest BCUT2D eigenvalue weighted by atomic mass is 16.3. The number of furan rings is 1. The van der Waals surface area contributed by atoms with Gasteiger partial charge in [-0.1, -0.05) is 78.9 Å². The van der Waals surface area contributed by atoms with Crippen LogP contribution in [-0.4, -0.2) is 9.97 Å². The first-order valence-corrected chi connectivity index (χ1v) is 13.2. The molecule has 0 amide bonds. The van der Waals surface area contributed by atoms with Crippen LogP contribution in [0.4, 0.5) is 0 Å². The number of fused-ring (bicyclic) bond motifs is 9. The summed E-state index contributed by atoms with van der Waals surface area (Å²) in [6.07, 6.45) is 3.54. The van der Waals surface area contributed by atoms with Crippen molar-refractivity contribution in [2.75, 3.05) is 0 Å². The van der Waals surface area contributed by atoms with Crippen LogP contribution in [0.2, 0.25) is 0 Å². The van der Waals surface area contributed by atoms with E-state index in [1.165, 1.54) is 43.8 Å². The number of rotatable bonds is 2. The third kappa shape index (κ3) is 3.30. The monoisotopic (exact) mass is 500 g/mol. The van der Waals surface area contributed by atoms with E-state index in [1.807, 2.05) is 0 Å². The van der Waals surface area contributed by atoms with Crippen molar-refractivity contribution >= 4 is 54.5 Å². The first-order valence-electron chi connectivity index (χ1n) is 13.2. The molecule has 0 bridgehead atoms. The molecule has 39 heavy (non-hydrogen) atoms. The van der Waals surface area contributed by atoms with Gasteiger partial charge in [-0.15, -0.1) is 0 Å². The van der Waals surface area contributed by atoms with E-state index in [0.717, 1.165) is 44.1 Å². The first kappa shape index (κ1) is 22.0. The Kier molecular flexibility index (Phi) is 4.65. The molecule has 0 saturated heterocycles. The molecule has 0 radical (unpaired) electrons. The predicted octanol–water partition coefficient (Wildman–Crippen LogP) is 9.79. The van der Waals surface area contributed by atoms with E-state index < -0.39 is 0 Å². The Morgan fingerprint density at radius 2 is 1.03 bits per heavy atom. The van der Waals surface area contributed by atoms with E-state index in [9.17, 15) is 0 Å². The third-order valence-electron chi connectivity index (χ3n) is 7.98. The summed E-state index contributed by atoms with van der Waals surface area (Å²) in [6.45, 7) is 4.23. The van der Waals surface area contributed by atoms with E-state index in [0.29, 0.717) is 0 Å². The summed E-state index contributed by atoms with van der Waals surface area (Å²) >= 11 is 0. The summed E-state index contributed by atoms with van der Waals surface area (Å²) in [6, 6.07) is 34.9. The Hall–Kier alpha value is -5.02. The zero-order valence-corrected chi connectivity index (χ0v) is 21.7. The molecule has 3 heteroatoms. The standard InChI is InChI=1S/C36H24N2O/c1-21-6-5-9-30-32-20-26(18-22(2)36(32)39-35(21)30)24-12-10-23(11-13-24)25-14-15-29-31(19-25)27-7-3-4-8-28(27)33-34(29)38-17-16-37-33/h3-20H,1-2H3. The molecule has 0 N–H and O–H groups in total. The highest BCUT2D eigenvalue weighted by molar-refractivity contribution is 6.23. The smallest absolute Gasteiger partial charge is 0.138 e. The van der Waals surface area contributed by atoms with E-state index in [2.05, 4.69) is 121 Å². The Labute approximate surface area is 225 Å². The number of hydrogen-bond donors (Lipinski definition) is 0. The molecule has 0 saturated carbocycles. The van der Waals surface area contributed by atoms with Gasteiger partial charge < -0.3 is 4.42 Å². The Morgan fingerprint density at radius 1 is 0.436 bits per heavy atom. The summed E-state index contributed by atoms with van der Waals surface area (Å²) < 4.78 is 6.27. The second kappa shape index (κ2) is 8.24. The van der Waals surface area contributed by atoms with Gasteiger partial charge in [0.2, 0.25) is 0 Å². The van der Waals surface area contributed by atoms with Crippen LogP contribution < -0.4 is 0 Å². The molecule has 2 heterocycles. The van der Waals surface area contributed by atoms with Crippen LogP contribution >= 0.6 is 0 Å². The van der Waals surface area contributed by atoms with Gasteiger partial charge >= 0.3 is 0 Å². The van der Waals surface area contributed by atoms with E-state index in [4.69, 9.17) is 4.42 Å². The molecule has 0 unspecified atom stereocenters. The second-order valence-corrected chi connectivity index (χ2v) is 10.4. The lowest BCUT2D eigenvalue weighted by Gasteiger charge is -2.11. The Balaban J connectivity index is 1.25. The SMILES string of the molecule is Cc1cccc2c1oc1c(C)cc(-c3ccc(-c4ccc5c(c4)c4ccccc4c4nccnc54)cc3)cc12. The van der Waals surface area contributed by atoms with Crippen LogP contribution in [-0.2, 0) is 0 Å². The van der Waals surface area contributed by atoms with Crippen LogP contribution in [0.5, 0.6) is 0 Å². The first-order chi connectivity index (χ1) is 19.2. The molecule has 3 nitrogen and oxygen atoms in total. The normalized spacial score (nSPS) is 11.8. The maximum Gasteiger partial charge on any atom is 0.138 e. The molecular formula is C36H24N2O. The third-order valence-corrected chi connectivity index (χ3v) is 7.98. The molecule has 0 aliphatic rings. The number of para-hydroxylation sites is 1.